The Morgan fingerprint density at radius 3 is 2.38 bits per heavy atom. The molecule has 0 aromatic heterocycles. The first kappa shape index (κ1) is 25.3. The maximum absolute atomic E-state index is 12.1. The second kappa shape index (κ2) is 12.8. The molecule has 164 valence electrons. The molecule has 0 radical (unpaired) electrons. The summed E-state index contributed by atoms with van der Waals surface area (Å²) in [4.78, 5) is 16.1. The summed E-state index contributed by atoms with van der Waals surface area (Å²) in [5.74, 6) is 0.556. The van der Waals surface area contributed by atoms with Crippen molar-refractivity contribution in [3.8, 4) is 5.75 Å². The van der Waals surface area contributed by atoms with Crippen LogP contribution in [0.2, 0.25) is 0 Å². The molecular weight excluding hydrogens is 500 g/mol. The monoisotopic (exact) mass is 528 g/mol. The molecule has 1 aromatic carbocycles. The maximum Gasteiger partial charge on any atom is 0.422 e. The Morgan fingerprint density at radius 2 is 1.79 bits per heavy atom. The summed E-state index contributed by atoms with van der Waals surface area (Å²) in [6.07, 6.45) is 1.24. The molecule has 0 heterocycles. The lowest BCUT2D eigenvalue weighted by Gasteiger charge is -2.23. The van der Waals surface area contributed by atoms with E-state index in [9.17, 15) is 18.0 Å². The first-order valence-electron chi connectivity index (χ1n) is 9.38. The highest BCUT2D eigenvalue weighted by Crippen LogP contribution is 2.19. The molecule has 1 fully saturated rings. The van der Waals surface area contributed by atoms with E-state index in [0.29, 0.717) is 12.5 Å². The third-order valence-electron chi connectivity index (χ3n) is 4.40. The first-order valence-corrected chi connectivity index (χ1v) is 9.38. The molecule has 29 heavy (non-hydrogen) atoms. The highest BCUT2D eigenvalue weighted by Gasteiger charge is 2.28. The topological polar surface area (TPSA) is 74.8 Å². The number of halogens is 4. The van der Waals surface area contributed by atoms with E-state index in [1.807, 2.05) is 0 Å². The minimum atomic E-state index is -4.36. The Bertz CT molecular complexity index is 648. The Labute approximate surface area is 186 Å². The number of nitrogens with zero attached hydrogens (tertiary/aromatic N) is 1. The van der Waals surface area contributed by atoms with Crippen LogP contribution in [0.4, 0.5) is 13.2 Å². The van der Waals surface area contributed by atoms with Crippen molar-refractivity contribution >= 4 is 35.8 Å². The molecule has 10 heteroatoms. The number of carbonyl (C=O) groups is 1. The van der Waals surface area contributed by atoms with Gasteiger partial charge in [0.1, 0.15) is 5.75 Å². The number of amides is 1. The van der Waals surface area contributed by atoms with Crippen LogP contribution in [0, 0.1) is 0 Å². The molecule has 3 N–H and O–H groups in total. The average Bonchev–Trinajstić information content (AvgIpc) is 2.67. The summed E-state index contributed by atoms with van der Waals surface area (Å²) in [5, 5.41) is 9.04. The quantitative estimate of drug-likeness (QED) is 0.289. The molecule has 0 aliphatic heterocycles. The number of benzene rings is 1. The van der Waals surface area contributed by atoms with E-state index >= 15 is 0 Å². The zero-order valence-electron chi connectivity index (χ0n) is 16.3. The second-order valence-corrected chi connectivity index (χ2v) is 6.73. The number of hydrogen-bond donors (Lipinski definition) is 3. The van der Waals surface area contributed by atoms with E-state index in [-0.39, 0.29) is 48.2 Å². The molecule has 0 spiro atoms. The Morgan fingerprint density at radius 1 is 1.14 bits per heavy atom. The van der Waals surface area contributed by atoms with Gasteiger partial charge >= 0.3 is 6.18 Å². The van der Waals surface area contributed by atoms with E-state index < -0.39 is 12.8 Å². The molecule has 0 unspecified atom stereocenters. The van der Waals surface area contributed by atoms with Gasteiger partial charge in [-0.3, -0.25) is 9.79 Å². The van der Waals surface area contributed by atoms with E-state index in [2.05, 4.69) is 25.7 Å². The number of nitrogens with one attached hydrogen (secondary N) is 3. The molecule has 0 bridgehead atoms. The van der Waals surface area contributed by atoms with Crippen molar-refractivity contribution in [3.05, 3.63) is 29.8 Å². The predicted molar refractivity (Wildman–Crippen MR) is 117 cm³/mol. The second-order valence-electron chi connectivity index (χ2n) is 6.73. The lowest BCUT2D eigenvalue weighted by atomic mass is 9.95. The minimum absolute atomic E-state index is 0. The molecule has 1 aliphatic rings. The Kier molecular flexibility index (Phi) is 11.1. The first-order chi connectivity index (χ1) is 13.4. The highest BCUT2D eigenvalue weighted by molar-refractivity contribution is 14.0. The van der Waals surface area contributed by atoms with Gasteiger partial charge in [-0.2, -0.15) is 13.2 Å². The molecular formula is C19H28F3IN4O2. The lowest BCUT2D eigenvalue weighted by molar-refractivity contribution is -0.153. The predicted octanol–water partition coefficient (Wildman–Crippen LogP) is 3.36. The number of ether oxygens (including phenoxy) is 1. The van der Waals surface area contributed by atoms with Crippen molar-refractivity contribution in [1.29, 1.82) is 0 Å². The Hall–Kier alpha value is -1.72. The van der Waals surface area contributed by atoms with Crippen molar-refractivity contribution in [2.24, 2.45) is 4.99 Å². The third kappa shape index (κ3) is 10.6. The van der Waals surface area contributed by atoms with Gasteiger partial charge in [-0.05, 0) is 30.5 Å². The fourth-order valence-corrected chi connectivity index (χ4v) is 2.96. The fourth-order valence-electron chi connectivity index (χ4n) is 2.96. The van der Waals surface area contributed by atoms with Crippen molar-refractivity contribution in [1.82, 2.24) is 16.0 Å². The summed E-state index contributed by atoms with van der Waals surface area (Å²) < 4.78 is 41.1. The summed E-state index contributed by atoms with van der Waals surface area (Å²) in [5.41, 5.74) is 0.842. The van der Waals surface area contributed by atoms with E-state index in [1.165, 1.54) is 18.6 Å². The summed E-state index contributed by atoms with van der Waals surface area (Å²) >= 11 is 0. The van der Waals surface area contributed by atoms with Crippen LogP contribution >= 0.6 is 24.0 Å². The standard InChI is InChI=1S/C19H27F3N4O2.HI/c1-23-18(25-12-17(27)26-15-5-3-2-4-6-15)24-11-14-7-9-16(10-8-14)28-13-19(20,21)22;/h7-10,15H,2-6,11-13H2,1H3,(H,26,27)(H2,23,24,25);1H. The molecule has 0 saturated heterocycles. The van der Waals surface area contributed by atoms with Gasteiger partial charge in [-0.25, -0.2) is 0 Å². The van der Waals surface area contributed by atoms with Gasteiger partial charge in [-0.15, -0.1) is 24.0 Å². The van der Waals surface area contributed by atoms with Crippen molar-refractivity contribution in [2.75, 3.05) is 20.2 Å². The van der Waals surface area contributed by atoms with Gasteiger partial charge in [0.15, 0.2) is 12.6 Å². The normalized spacial score (nSPS) is 15.2. The summed E-state index contributed by atoms with van der Waals surface area (Å²) in [6, 6.07) is 6.56. The molecule has 1 saturated carbocycles. The van der Waals surface area contributed by atoms with Crippen molar-refractivity contribution in [2.45, 2.75) is 50.9 Å². The number of alkyl halides is 3. The van der Waals surface area contributed by atoms with Gasteiger partial charge in [0.25, 0.3) is 0 Å². The van der Waals surface area contributed by atoms with Crippen molar-refractivity contribution < 1.29 is 22.7 Å². The largest absolute Gasteiger partial charge is 0.484 e. The van der Waals surface area contributed by atoms with Gasteiger partial charge in [0.05, 0.1) is 6.54 Å². The molecule has 1 aliphatic carbocycles. The van der Waals surface area contributed by atoms with E-state index in [1.54, 1.807) is 19.2 Å². The van der Waals surface area contributed by atoms with Crippen LogP contribution in [-0.2, 0) is 11.3 Å². The third-order valence-corrected chi connectivity index (χ3v) is 4.40. The average molecular weight is 528 g/mol. The van der Waals surface area contributed by atoms with Gasteiger partial charge in [0.2, 0.25) is 5.91 Å². The zero-order chi connectivity index (χ0) is 20.4. The molecule has 6 nitrogen and oxygen atoms in total. The summed E-state index contributed by atoms with van der Waals surface area (Å²) in [7, 11) is 1.60. The minimum Gasteiger partial charge on any atom is -0.484 e. The molecule has 1 aromatic rings. The van der Waals surface area contributed by atoms with Crippen LogP contribution in [0.25, 0.3) is 0 Å². The fraction of sp³-hybridized carbons (Fsp3) is 0.579. The number of hydrogen-bond acceptors (Lipinski definition) is 3. The zero-order valence-corrected chi connectivity index (χ0v) is 18.7. The molecule has 0 atom stereocenters. The smallest absolute Gasteiger partial charge is 0.422 e. The van der Waals surface area contributed by atoms with Gasteiger partial charge in [0, 0.05) is 19.6 Å². The van der Waals surface area contributed by atoms with E-state index in [4.69, 9.17) is 0 Å². The number of guanidine groups is 1. The van der Waals surface area contributed by atoms with Crippen LogP contribution < -0.4 is 20.7 Å². The van der Waals surface area contributed by atoms with Gasteiger partial charge in [-0.1, -0.05) is 31.4 Å². The Balaban J connectivity index is 0.00000420. The van der Waals surface area contributed by atoms with Crippen LogP contribution in [0.15, 0.2) is 29.3 Å². The van der Waals surface area contributed by atoms with Crippen LogP contribution in [0.5, 0.6) is 5.75 Å². The van der Waals surface area contributed by atoms with Crippen LogP contribution in [0.1, 0.15) is 37.7 Å². The number of aliphatic imine (C=N–C) groups is 1. The molecule has 2 rings (SSSR count). The van der Waals surface area contributed by atoms with Crippen LogP contribution in [0.3, 0.4) is 0 Å². The van der Waals surface area contributed by atoms with Crippen LogP contribution in [-0.4, -0.2) is 44.3 Å². The number of rotatable bonds is 7. The molecule has 1 amide bonds. The van der Waals surface area contributed by atoms with Crippen molar-refractivity contribution in [3.63, 3.8) is 0 Å². The van der Waals surface area contributed by atoms with Gasteiger partial charge < -0.3 is 20.7 Å². The van der Waals surface area contributed by atoms with E-state index in [0.717, 1.165) is 31.2 Å². The SMILES string of the molecule is CN=C(NCC(=O)NC1CCCCC1)NCc1ccc(OCC(F)(F)F)cc1.I. The highest BCUT2D eigenvalue weighted by atomic mass is 127. The summed E-state index contributed by atoms with van der Waals surface area (Å²) in [6.45, 7) is -0.784. The number of carbonyl (C=O) groups excluding carboxylic acids is 1. The lowest BCUT2D eigenvalue weighted by Crippen LogP contribution is -2.45. The maximum atomic E-state index is 12.1.